The van der Waals surface area contributed by atoms with Gasteiger partial charge in [-0.1, -0.05) is 6.42 Å². The Bertz CT molecular complexity index is 743. The fourth-order valence-electron chi connectivity index (χ4n) is 4.22. The molecule has 1 aromatic heterocycles. The number of sulfonamides is 1. The number of hydrogen-bond donors (Lipinski definition) is 2. The number of aliphatic imine (C=N–C) groups is 1. The zero-order valence-electron chi connectivity index (χ0n) is 18.0. The van der Waals surface area contributed by atoms with Gasteiger partial charge in [0.05, 0.1) is 18.6 Å². The number of likely N-dealkylation sites (tertiary alicyclic amines) is 1. The van der Waals surface area contributed by atoms with Crippen molar-refractivity contribution in [2.45, 2.75) is 38.1 Å². The SMILES string of the molecule is CN=C(NCC1CCN(S(C)(=O)=O)CC1)NCC(c1ccco1)N1CCCCC1.I. The molecule has 2 aliphatic heterocycles. The van der Waals surface area contributed by atoms with Crippen molar-refractivity contribution in [2.75, 3.05) is 52.6 Å². The third-order valence-corrected chi connectivity index (χ3v) is 7.29. The molecule has 2 N–H and O–H groups in total. The van der Waals surface area contributed by atoms with Crippen LogP contribution in [0.3, 0.4) is 0 Å². The summed E-state index contributed by atoms with van der Waals surface area (Å²) in [5, 5.41) is 6.88. The molecule has 1 atom stereocenters. The van der Waals surface area contributed by atoms with E-state index in [4.69, 9.17) is 4.42 Å². The smallest absolute Gasteiger partial charge is 0.211 e. The number of rotatable bonds is 7. The van der Waals surface area contributed by atoms with Gasteiger partial charge in [0, 0.05) is 33.2 Å². The molecule has 30 heavy (non-hydrogen) atoms. The van der Waals surface area contributed by atoms with Crippen molar-refractivity contribution in [1.82, 2.24) is 19.8 Å². The maximum Gasteiger partial charge on any atom is 0.211 e. The number of guanidine groups is 1. The topological polar surface area (TPSA) is 90.2 Å². The van der Waals surface area contributed by atoms with E-state index in [1.165, 1.54) is 25.5 Å². The highest BCUT2D eigenvalue weighted by atomic mass is 127. The third-order valence-electron chi connectivity index (χ3n) is 5.99. The quantitative estimate of drug-likeness (QED) is 0.306. The van der Waals surface area contributed by atoms with Gasteiger partial charge in [-0.25, -0.2) is 12.7 Å². The largest absolute Gasteiger partial charge is 0.468 e. The summed E-state index contributed by atoms with van der Waals surface area (Å²) in [6, 6.07) is 4.19. The fraction of sp³-hybridized carbons (Fsp3) is 0.750. The Morgan fingerprint density at radius 1 is 1.20 bits per heavy atom. The van der Waals surface area contributed by atoms with Crippen molar-refractivity contribution in [3.8, 4) is 0 Å². The minimum Gasteiger partial charge on any atom is -0.468 e. The normalized spacial score (nSPS) is 21.1. The predicted molar refractivity (Wildman–Crippen MR) is 131 cm³/mol. The summed E-state index contributed by atoms with van der Waals surface area (Å²) in [7, 11) is -1.29. The van der Waals surface area contributed by atoms with E-state index in [0.29, 0.717) is 19.0 Å². The summed E-state index contributed by atoms with van der Waals surface area (Å²) in [6.07, 6.45) is 8.54. The van der Waals surface area contributed by atoms with Crippen molar-refractivity contribution < 1.29 is 12.8 Å². The lowest BCUT2D eigenvalue weighted by Crippen LogP contribution is -2.46. The van der Waals surface area contributed by atoms with E-state index in [1.54, 1.807) is 17.6 Å². The van der Waals surface area contributed by atoms with Crippen molar-refractivity contribution in [3.63, 3.8) is 0 Å². The highest BCUT2D eigenvalue weighted by molar-refractivity contribution is 14.0. The van der Waals surface area contributed by atoms with E-state index in [2.05, 4.69) is 20.5 Å². The standard InChI is InChI=1S/C20H35N5O3S.HI/c1-21-20(22-15-17-8-12-25(13-9-17)29(2,26)27)23-16-18(19-7-6-14-28-19)24-10-4-3-5-11-24;/h6-7,14,17-18H,3-5,8-13,15-16H2,1-2H3,(H2,21,22,23);1H. The lowest BCUT2D eigenvalue weighted by Gasteiger charge is -2.34. The Morgan fingerprint density at radius 2 is 1.90 bits per heavy atom. The molecule has 3 rings (SSSR count). The first-order valence-electron chi connectivity index (χ1n) is 10.6. The van der Waals surface area contributed by atoms with E-state index in [-0.39, 0.29) is 30.0 Å². The second-order valence-corrected chi connectivity index (χ2v) is 10.0. The number of furan rings is 1. The summed E-state index contributed by atoms with van der Waals surface area (Å²) in [5.41, 5.74) is 0. The predicted octanol–water partition coefficient (Wildman–Crippen LogP) is 2.26. The number of halogens is 1. The molecule has 2 saturated heterocycles. The highest BCUT2D eigenvalue weighted by Crippen LogP contribution is 2.24. The van der Waals surface area contributed by atoms with Gasteiger partial charge in [-0.2, -0.15) is 0 Å². The van der Waals surface area contributed by atoms with Crippen LogP contribution in [0.4, 0.5) is 0 Å². The minimum atomic E-state index is -3.07. The van der Waals surface area contributed by atoms with Crippen LogP contribution >= 0.6 is 24.0 Å². The van der Waals surface area contributed by atoms with Crippen LogP contribution in [-0.4, -0.2) is 76.2 Å². The molecule has 0 bridgehead atoms. The van der Waals surface area contributed by atoms with E-state index in [0.717, 1.165) is 50.7 Å². The van der Waals surface area contributed by atoms with Crippen molar-refractivity contribution in [3.05, 3.63) is 24.2 Å². The average molecular weight is 554 g/mol. The molecule has 10 heteroatoms. The molecule has 0 amide bonds. The molecular formula is C20H36IN5O3S. The van der Waals surface area contributed by atoms with Gasteiger partial charge in [-0.15, -0.1) is 24.0 Å². The molecule has 2 aliphatic rings. The van der Waals surface area contributed by atoms with Gasteiger partial charge in [0.2, 0.25) is 10.0 Å². The minimum absolute atomic E-state index is 0. The van der Waals surface area contributed by atoms with E-state index < -0.39 is 10.0 Å². The van der Waals surface area contributed by atoms with Crippen LogP contribution in [0.2, 0.25) is 0 Å². The third kappa shape index (κ3) is 7.38. The molecule has 172 valence electrons. The maximum absolute atomic E-state index is 11.7. The second-order valence-electron chi connectivity index (χ2n) is 8.07. The Balaban J connectivity index is 0.00000320. The van der Waals surface area contributed by atoms with Gasteiger partial charge < -0.3 is 15.1 Å². The van der Waals surface area contributed by atoms with Gasteiger partial charge >= 0.3 is 0 Å². The maximum atomic E-state index is 11.7. The molecule has 0 saturated carbocycles. The molecule has 0 radical (unpaired) electrons. The van der Waals surface area contributed by atoms with Gasteiger partial charge in [0.1, 0.15) is 5.76 Å². The van der Waals surface area contributed by atoms with Crippen LogP contribution in [0.1, 0.15) is 43.9 Å². The Morgan fingerprint density at radius 3 is 2.47 bits per heavy atom. The molecule has 1 unspecified atom stereocenters. The molecule has 2 fully saturated rings. The van der Waals surface area contributed by atoms with E-state index in [1.807, 2.05) is 12.1 Å². The van der Waals surface area contributed by atoms with Crippen molar-refractivity contribution in [1.29, 1.82) is 0 Å². The Kier molecular flexibility index (Phi) is 10.4. The Hall–Kier alpha value is -0.850. The number of nitrogens with one attached hydrogen (secondary N) is 2. The van der Waals surface area contributed by atoms with Crippen LogP contribution in [0, 0.1) is 5.92 Å². The lowest BCUT2D eigenvalue weighted by molar-refractivity contribution is 0.146. The van der Waals surface area contributed by atoms with E-state index >= 15 is 0 Å². The summed E-state index contributed by atoms with van der Waals surface area (Å²) >= 11 is 0. The monoisotopic (exact) mass is 553 g/mol. The zero-order valence-corrected chi connectivity index (χ0v) is 21.2. The first kappa shape index (κ1) is 25.4. The molecule has 1 aromatic rings. The van der Waals surface area contributed by atoms with Crippen molar-refractivity contribution >= 4 is 40.0 Å². The lowest BCUT2D eigenvalue weighted by atomic mass is 9.98. The van der Waals surface area contributed by atoms with Gasteiger partial charge in [-0.05, 0) is 56.8 Å². The number of piperidine rings is 2. The van der Waals surface area contributed by atoms with Gasteiger partial charge in [0.15, 0.2) is 5.96 Å². The molecule has 8 nitrogen and oxygen atoms in total. The molecule has 0 aliphatic carbocycles. The summed E-state index contributed by atoms with van der Waals surface area (Å²) < 4.78 is 30.6. The van der Waals surface area contributed by atoms with Crippen LogP contribution in [0.25, 0.3) is 0 Å². The molecule has 0 aromatic carbocycles. The van der Waals surface area contributed by atoms with Gasteiger partial charge in [0.25, 0.3) is 0 Å². The summed E-state index contributed by atoms with van der Waals surface area (Å²) in [5.74, 6) is 2.22. The summed E-state index contributed by atoms with van der Waals surface area (Å²) in [4.78, 5) is 6.85. The molecular weight excluding hydrogens is 517 g/mol. The van der Waals surface area contributed by atoms with Crippen molar-refractivity contribution in [2.24, 2.45) is 10.9 Å². The Labute approximate surface area is 197 Å². The first-order chi connectivity index (χ1) is 14.0. The van der Waals surface area contributed by atoms with Crippen LogP contribution in [-0.2, 0) is 10.0 Å². The molecule has 0 spiro atoms. The zero-order chi connectivity index (χ0) is 20.7. The average Bonchev–Trinajstić information content (AvgIpc) is 3.25. The van der Waals surface area contributed by atoms with Gasteiger partial charge in [-0.3, -0.25) is 9.89 Å². The molecule has 3 heterocycles. The van der Waals surface area contributed by atoms with Crippen LogP contribution in [0.15, 0.2) is 27.8 Å². The van der Waals surface area contributed by atoms with E-state index in [9.17, 15) is 8.42 Å². The van der Waals surface area contributed by atoms with Crippen LogP contribution < -0.4 is 10.6 Å². The highest BCUT2D eigenvalue weighted by Gasteiger charge is 2.26. The van der Waals surface area contributed by atoms with Crippen LogP contribution in [0.5, 0.6) is 0 Å². The fourth-order valence-corrected chi connectivity index (χ4v) is 5.09. The second kappa shape index (κ2) is 12.3. The summed E-state index contributed by atoms with van der Waals surface area (Å²) in [6.45, 7) is 4.93. The first-order valence-corrected chi connectivity index (χ1v) is 12.5. The number of nitrogens with zero attached hydrogens (tertiary/aromatic N) is 3. The number of hydrogen-bond acceptors (Lipinski definition) is 5.